The fraction of sp³-hybridized carbons (Fsp3) is 0.455. The van der Waals surface area contributed by atoms with E-state index in [1.807, 2.05) is 13.8 Å². The fourth-order valence-corrected chi connectivity index (χ4v) is 2.76. The number of nitriles is 1. The third-order valence-corrected chi connectivity index (χ3v) is 4.25. The average molecular weight is 338 g/mol. The van der Waals surface area contributed by atoms with Gasteiger partial charge in [-0.25, -0.2) is 0 Å². The summed E-state index contributed by atoms with van der Waals surface area (Å²) in [7, 11) is 0. The highest BCUT2D eigenvalue weighted by molar-refractivity contribution is 5.99. The molecule has 0 aliphatic heterocycles. The van der Waals surface area contributed by atoms with Gasteiger partial charge in [-0.05, 0) is 49.5 Å². The summed E-state index contributed by atoms with van der Waals surface area (Å²) in [5.74, 6) is -0.145. The standard InChI is InChI=1S/C22H31N3/c1-6-14-25(15-7-2)22-12-10-21(11-13-22)18(5)24-17-20(9-4)19(8-3)16-23/h9-13,17,19H,4,6-8,14-15H2,1-3,5H3/b20-17+,24-18?. The average Bonchev–Trinajstić information content (AvgIpc) is 2.65. The highest BCUT2D eigenvalue weighted by Crippen LogP contribution is 2.18. The van der Waals surface area contributed by atoms with Crippen molar-refractivity contribution in [1.82, 2.24) is 0 Å². The molecule has 1 rings (SSSR count). The maximum Gasteiger partial charge on any atom is 0.0724 e. The van der Waals surface area contributed by atoms with Gasteiger partial charge in [-0.3, -0.25) is 4.99 Å². The molecule has 25 heavy (non-hydrogen) atoms. The summed E-state index contributed by atoms with van der Waals surface area (Å²) in [6, 6.07) is 10.9. The topological polar surface area (TPSA) is 39.4 Å². The molecule has 3 nitrogen and oxygen atoms in total. The summed E-state index contributed by atoms with van der Waals surface area (Å²) in [5.41, 5.74) is 4.17. The predicted octanol–water partition coefficient (Wildman–Crippen LogP) is 5.74. The molecular weight excluding hydrogens is 306 g/mol. The number of allylic oxidation sites excluding steroid dienone is 2. The molecule has 1 aromatic rings. The van der Waals surface area contributed by atoms with E-state index < -0.39 is 0 Å². The lowest BCUT2D eigenvalue weighted by molar-refractivity contribution is 0.745. The minimum atomic E-state index is -0.145. The van der Waals surface area contributed by atoms with Gasteiger partial charge >= 0.3 is 0 Å². The fourth-order valence-electron chi connectivity index (χ4n) is 2.76. The van der Waals surface area contributed by atoms with Crippen molar-refractivity contribution in [3.05, 3.63) is 54.3 Å². The van der Waals surface area contributed by atoms with Crippen molar-refractivity contribution in [2.45, 2.75) is 47.0 Å². The van der Waals surface area contributed by atoms with Crippen molar-refractivity contribution in [2.24, 2.45) is 10.9 Å². The molecule has 0 spiro atoms. The first kappa shape index (κ1) is 20.7. The zero-order chi connectivity index (χ0) is 18.7. The summed E-state index contributed by atoms with van der Waals surface area (Å²) in [5, 5.41) is 9.19. The normalized spacial score (nSPS) is 13.2. The molecule has 0 aromatic heterocycles. The van der Waals surface area contributed by atoms with Gasteiger partial charge in [0.2, 0.25) is 0 Å². The third-order valence-electron chi connectivity index (χ3n) is 4.25. The quantitative estimate of drug-likeness (QED) is 0.403. The lowest BCUT2D eigenvalue weighted by Crippen LogP contribution is -2.24. The van der Waals surface area contributed by atoms with Gasteiger partial charge in [0.1, 0.15) is 0 Å². The Hall–Kier alpha value is -2.34. The summed E-state index contributed by atoms with van der Waals surface area (Å²) in [6.45, 7) is 14.4. The predicted molar refractivity (Wildman–Crippen MR) is 109 cm³/mol. The van der Waals surface area contributed by atoms with Crippen molar-refractivity contribution in [3.63, 3.8) is 0 Å². The van der Waals surface area contributed by atoms with Gasteiger partial charge in [-0.1, -0.05) is 45.6 Å². The van der Waals surface area contributed by atoms with Crippen LogP contribution in [0.15, 0.2) is 53.7 Å². The van der Waals surface area contributed by atoms with Crippen LogP contribution in [-0.2, 0) is 0 Å². The Labute approximate surface area is 153 Å². The number of anilines is 1. The van der Waals surface area contributed by atoms with Crippen molar-refractivity contribution < 1.29 is 0 Å². The van der Waals surface area contributed by atoms with Crippen LogP contribution < -0.4 is 4.90 Å². The third kappa shape index (κ3) is 6.23. The molecule has 1 unspecified atom stereocenters. The molecular formula is C22H31N3. The van der Waals surface area contributed by atoms with Crippen LogP contribution in [0.1, 0.15) is 52.5 Å². The number of rotatable bonds is 10. The van der Waals surface area contributed by atoms with Gasteiger partial charge < -0.3 is 4.90 Å². The summed E-state index contributed by atoms with van der Waals surface area (Å²) < 4.78 is 0. The molecule has 0 fully saturated rings. The Balaban J connectivity index is 2.97. The Morgan fingerprint density at radius 1 is 1.20 bits per heavy atom. The molecule has 1 atom stereocenters. The number of nitrogens with zero attached hydrogens (tertiary/aromatic N) is 3. The van der Waals surface area contributed by atoms with Crippen LogP contribution in [0, 0.1) is 17.2 Å². The van der Waals surface area contributed by atoms with Crippen molar-refractivity contribution >= 4 is 11.4 Å². The van der Waals surface area contributed by atoms with E-state index in [-0.39, 0.29) is 5.92 Å². The van der Waals surface area contributed by atoms with Crippen LogP contribution in [0.25, 0.3) is 0 Å². The molecule has 0 aliphatic carbocycles. The van der Waals surface area contributed by atoms with Gasteiger partial charge in [-0.2, -0.15) is 5.26 Å². The smallest absolute Gasteiger partial charge is 0.0724 e. The first-order chi connectivity index (χ1) is 12.1. The molecule has 0 saturated heterocycles. The molecule has 0 N–H and O–H groups in total. The van der Waals surface area contributed by atoms with Crippen LogP contribution in [0.5, 0.6) is 0 Å². The van der Waals surface area contributed by atoms with Gasteiger partial charge in [-0.15, -0.1) is 0 Å². The van der Waals surface area contributed by atoms with Gasteiger partial charge in [0, 0.05) is 30.7 Å². The lowest BCUT2D eigenvalue weighted by Gasteiger charge is -2.23. The van der Waals surface area contributed by atoms with E-state index >= 15 is 0 Å². The molecule has 0 aliphatic rings. The van der Waals surface area contributed by atoms with E-state index in [9.17, 15) is 5.26 Å². The molecule has 134 valence electrons. The molecule has 0 saturated carbocycles. The Morgan fingerprint density at radius 2 is 1.80 bits per heavy atom. The SMILES string of the molecule is C=C/C(=C\N=C(C)c1ccc(N(CCC)CCC)cc1)C(C#N)CC. The zero-order valence-corrected chi connectivity index (χ0v) is 16.1. The van der Waals surface area contributed by atoms with E-state index in [1.54, 1.807) is 12.3 Å². The van der Waals surface area contributed by atoms with Gasteiger partial charge in [0.25, 0.3) is 0 Å². The molecule has 0 amide bonds. The van der Waals surface area contributed by atoms with Crippen LogP contribution in [-0.4, -0.2) is 18.8 Å². The summed E-state index contributed by atoms with van der Waals surface area (Å²) >= 11 is 0. The highest BCUT2D eigenvalue weighted by atomic mass is 15.1. The van der Waals surface area contributed by atoms with E-state index in [0.29, 0.717) is 0 Å². The maximum atomic E-state index is 9.19. The van der Waals surface area contributed by atoms with E-state index in [1.165, 1.54) is 5.69 Å². The van der Waals surface area contributed by atoms with Crippen molar-refractivity contribution in [1.29, 1.82) is 5.26 Å². The van der Waals surface area contributed by atoms with Crippen molar-refractivity contribution in [3.8, 4) is 6.07 Å². The van der Waals surface area contributed by atoms with E-state index in [0.717, 1.165) is 49.2 Å². The summed E-state index contributed by atoms with van der Waals surface area (Å²) in [6.07, 6.45) is 6.56. The maximum absolute atomic E-state index is 9.19. The zero-order valence-electron chi connectivity index (χ0n) is 16.1. The van der Waals surface area contributed by atoms with Crippen LogP contribution in [0.3, 0.4) is 0 Å². The number of benzene rings is 1. The Kier molecular flexibility index (Phi) is 9.32. The molecule has 0 radical (unpaired) electrons. The second-order valence-electron chi connectivity index (χ2n) is 6.17. The Morgan fingerprint density at radius 3 is 2.24 bits per heavy atom. The first-order valence-electron chi connectivity index (χ1n) is 9.23. The molecule has 0 heterocycles. The minimum Gasteiger partial charge on any atom is -0.372 e. The largest absolute Gasteiger partial charge is 0.372 e. The highest BCUT2D eigenvalue weighted by Gasteiger charge is 2.08. The van der Waals surface area contributed by atoms with Gasteiger partial charge in [0.05, 0.1) is 12.0 Å². The molecule has 0 bridgehead atoms. The second-order valence-corrected chi connectivity index (χ2v) is 6.17. The first-order valence-corrected chi connectivity index (χ1v) is 9.23. The number of hydrogen-bond acceptors (Lipinski definition) is 3. The van der Waals surface area contributed by atoms with E-state index in [4.69, 9.17) is 0 Å². The minimum absolute atomic E-state index is 0.145. The van der Waals surface area contributed by atoms with Crippen molar-refractivity contribution in [2.75, 3.05) is 18.0 Å². The van der Waals surface area contributed by atoms with Crippen LogP contribution in [0.2, 0.25) is 0 Å². The second kappa shape index (κ2) is 11.3. The lowest BCUT2D eigenvalue weighted by atomic mass is 9.99. The van der Waals surface area contributed by atoms with E-state index in [2.05, 4.69) is 60.7 Å². The van der Waals surface area contributed by atoms with Crippen LogP contribution in [0.4, 0.5) is 5.69 Å². The number of aliphatic imine (C=N–C) groups is 1. The summed E-state index contributed by atoms with van der Waals surface area (Å²) in [4.78, 5) is 6.97. The van der Waals surface area contributed by atoms with Crippen LogP contribution >= 0.6 is 0 Å². The number of hydrogen-bond donors (Lipinski definition) is 0. The Bertz CT molecular complexity index is 626. The van der Waals surface area contributed by atoms with Gasteiger partial charge in [0.15, 0.2) is 0 Å². The monoisotopic (exact) mass is 337 g/mol. The molecule has 3 heteroatoms. The molecule has 1 aromatic carbocycles.